The van der Waals surface area contributed by atoms with E-state index in [2.05, 4.69) is 11.3 Å². The Morgan fingerprint density at radius 2 is 2.30 bits per heavy atom. The molecule has 0 aromatic rings. The molecular weight excluding hydrogens is 134 g/mol. The lowest BCUT2D eigenvalue weighted by Crippen LogP contribution is -2.16. The molecule has 0 aromatic heterocycles. The van der Waals surface area contributed by atoms with Crippen molar-refractivity contribution < 1.29 is 14.3 Å². The molecule has 2 N–H and O–H groups in total. The van der Waals surface area contributed by atoms with Crippen molar-refractivity contribution in [1.82, 2.24) is 0 Å². The predicted octanol–water partition coefficient (Wildman–Crippen LogP) is -0.00400. The largest absolute Gasteiger partial charge is 0.466 e. The molecule has 0 unspecified atom stereocenters. The highest BCUT2D eigenvalue weighted by atomic mass is 16.7. The van der Waals surface area contributed by atoms with Crippen LogP contribution in [-0.4, -0.2) is 19.1 Å². The summed E-state index contributed by atoms with van der Waals surface area (Å²) >= 11 is 0. The summed E-state index contributed by atoms with van der Waals surface area (Å²) in [6.45, 7) is 5.34. The molecule has 0 aliphatic rings. The Morgan fingerprint density at radius 3 is 2.70 bits per heavy atom. The van der Waals surface area contributed by atoms with Crippen molar-refractivity contribution in [2.45, 2.75) is 6.92 Å². The molecule has 4 heteroatoms. The minimum absolute atomic E-state index is 0.00190. The van der Waals surface area contributed by atoms with E-state index in [0.717, 1.165) is 0 Å². The second-order valence-corrected chi connectivity index (χ2v) is 1.48. The fraction of sp³-hybridized carbons (Fsp3) is 0.500. The average molecular weight is 145 g/mol. The normalized spacial score (nSPS) is 8.60. The minimum atomic E-state index is -0.543. The summed E-state index contributed by atoms with van der Waals surface area (Å²) in [5.41, 5.74) is 4.95. The van der Waals surface area contributed by atoms with Gasteiger partial charge in [0.25, 0.3) is 5.95 Å². The van der Waals surface area contributed by atoms with E-state index >= 15 is 0 Å². The first-order chi connectivity index (χ1) is 4.70. The topological polar surface area (TPSA) is 61.5 Å². The van der Waals surface area contributed by atoms with Crippen LogP contribution in [0.1, 0.15) is 6.92 Å². The van der Waals surface area contributed by atoms with Crippen LogP contribution >= 0.6 is 0 Å². The zero-order chi connectivity index (χ0) is 7.98. The van der Waals surface area contributed by atoms with Gasteiger partial charge in [-0.25, -0.2) is 0 Å². The van der Waals surface area contributed by atoms with E-state index in [1.165, 1.54) is 0 Å². The first kappa shape index (κ1) is 8.97. The number of hydrogen-bond acceptors (Lipinski definition) is 4. The first-order valence-electron chi connectivity index (χ1n) is 2.93. The van der Waals surface area contributed by atoms with Gasteiger partial charge in [-0.15, -0.1) is 0 Å². The highest BCUT2D eigenvalue weighted by Crippen LogP contribution is 1.94. The Balaban J connectivity index is 3.47. The summed E-state index contributed by atoms with van der Waals surface area (Å²) in [5, 5.41) is 0. The number of carbonyl (C=O) groups excluding carboxylic acids is 1. The van der Waals surface area contributed by atoms with Crippen molar-refractivity contribution in [1.29, 1.82) is 0 Å². The Kier molecular flexibility index (Phi) is 4.32. The molecule has 0 spiro atoms. The molecule has 0 aliphatic heterocycles. The standard InChI is InChI=1S/C6H11NO3/c1-3-9-5(2)10-6(8)4-7/h2-4,7H2,1H3. The van der Waals surface area contributed by atoms with E-state index in [-0.39, 0.29) is 12.5 Å². The molecule has 58 valence electrons. The summed E-state index contributed by atoms with van der Waals surface area (Å²) in [6.07, 6.45) is 0. The van der Waals surface area contributed by atoms with Gasteiger partial charge in [0, 0.05) is 0 Å². The van der Waals surface area contributed by atoms with Crippen LogP contribution in [0.15, 0.2) is 12.5 Å². The van der Waals surface area contributed by atoms with Crippen LogP contribution in [0.5, 0.6) is 0 Å². The fourth-order valence-electron chi connectivity index (χ4n) is 0.359. The molecule has 0 amide bonds. The molecule has 0 rings (SSSR count). The Morgan fingerprint density at radius 1 is 1.70 bits per heavy atom. The lowest BCUT2D eigenvalue weighted by Gasteiger charge is -2.04. The molecular formula is C6H11NO3. The third kappa shape index (κ3) is 3.91. The molecule has 0 aliphatic carbocycles. The highest BCUT2D eigenvalue weighted by Gasteiger charge is 2.01. The molecule has 0 aromatic carbocycles. The van der Waals surface area contributed by atoms with Crippen LogP contribution in [0.3, 0.4) is 0 Å². The number of esters is 1. The molecule has 0 saturated heterocycles. The van der Waals surface area contributed by atoms with Gasteiger partial charge in [-0.2, -0.15) is 0 Å². The van der Waals surface area contributed by atoms with Gasteiger partial charge in [0.2, 0.25) is 0 Å². The predicted molar refractivity (Wildman–Crippen MR) is 35.9 cm³/mol. The average Bonchev–Trinajstić information content (AvgIpc) is 1.88. The van der Waals surface area contributed by atoms with Gasteiger partial charge < -0.3 is 15.2 Å². The fourth-order valence-corrected chi connectivity index (χ4v) is 0.359. The molecule has 0 fully saturated rings. The zero-order valence-electron chi connectivity index (χ0n) is 5.92. The Hall–Kier alpha value is -1.03. The summed E-state index contributed by atoms with van der Waals surface area (Å²) in [4.78, 5) is 10.4. The summed E-state index contributed by atoms with van der Waals surface area (Å²) in [5.74, 6) is -0.545. The minimum Gasteiger partial charge on any atom is -0.466 e. The second-order valence-electron chi connectivity index (χ2n) is 1.48. The molecule has 10 heavy (non-hydrogen) atoms. The van der Waals surface area contributed by atoms with Crippen LogP contribution in [0.4, 0.5) is 0 Å². The Labute approximate surface area is 59.6 Å². The van der Waals surface area contributed by atoms with E-state index in [1.54, 1.807) is 6.92 Å². The van der Waals surface area contributed by atoms with Gasteiger partial charge in [-0.05, 0) is 13.5 Å². The molecule has 4 nitrogen and oxygen atoms in total. The Bertz CT molecular complexity index is 133. The summed E-state index contributed by atoms with van der Waals surface area (Å²) in [7, 11) is 0. The van der Waals surface area contributed by atoms with E-state index in [0.29, 0.717) is 6.61 Å². The number of rotatable bonds is 4. The monoisotopic (exact) mass is 145 g/mol. The van der Waals surface area contributed by atoms with Gasteiger partial charge in [0.15, 0.2) is 0 Å². The SMILES string of the molecule is C=C(OCC)OC(=O)CN. The van der Waals surface area contributed by atoms with Crippen LogP contribution in [0.25, 0.3) is 0 Å². The highest BCUT2D eigenvalue weighted by molar-refractivity contribution is 5.72. The number of nitrogens with two attached hydrogens (primary N) is 1. The number of hydrogen-bond donors (Lipinski definition) is 1. The maximum absolute atomic E-state index is 10.4. The van der Waals surface area contributed by atoms with Crippen LogP contribution in [-0.2, 0) is 14.3 Å². The third-order valence-corrected chi connectivity index (χ3v) is 0.700. The smallest absolute Gasteiger partial charge is 0.327 e. The van der Waals surface area contributed by atoms with Gasteiger partial charge in [-0.1, -0.05) is 0 Å². The molecule has 0 bridgehead atoms. The van der Waals surface area contributed by atoms with Crippen molar-refractivity contribution >= 4 is 5.97 Å². The molecule has 0 radical (unpaired) electrons. The maximum Gasteiger partial charge on any atom is 0.327 e. The summed E-state index contributed by atoms with van der Waals surface area (Å²) in [6, 6.07) is 0. The first-order valence-corrected chi connectivity index (χ1v) is 2.93. The van der Waals surface area contributed by atoms with Gasteiger partial charge in [-0.3, -0.25) is 4.79 Å². The van der Waals surface area contributed by atoms with Gasteiger partial charge >= 0.3 is 5.97 Å². The van der Waals surface area contributed by atoms with E-state index in [9.17, 15) is 4.79 Å². The van der Waals surface area contributed by atoms with E-state index in [1.807, 2.05) is 0 Å². The third-order valence-electron chi connectivity index (χ3n) is 0.700. The quantitative estimate of drug-likeness (QED) is 0.446. The second kappa shape index (κ2) is 4.81. The molecule has 0 heterocycles. The van der Waals surface area contributed by atoms with E-state index < -0.39 is 5.97 Å². The zero-order valence-corrected chi connectivity index (χ0v) is 5.92. The molecule has 0 saturated carbocycles. The van der Waals surface area contributed by atoms with Crippen molar-refractivity contribution in [3.8, 4) is 0 Å². The van der Waals surface area contributed by atoms with Crippen molar-refractivity contribution in [3.63, 3.8) is 0 Å². The lowest BCUT2D eigenvalue weighted by atomic mass is 10.7. The van der Waals surface area contributed by atoms with Crippen molar-refractivity contribution in [3.05, 3.63) is 12.5 Å². The van der Waals surface area contributed by atoms with Crippen LogP contribution in [0.2, 0.25) is 0 Å². The van der Waals surface area contributed by atoms with Gasteiger partial charge in [0.1, 0.15) is 0 Å². The summed E-state index contributed by atoms with van der Waals surface area (Å²) < 4.78 is 9.18. The van der Waals surface area contributed by atoms with Crippen molar-refractivity contribution in [2.24, 2.45) is 5.73 Å². The molecule has 0 atom stereocenters. The number of ether oxygens (including phenoxy) is 2. The maximum atomic E-state index is 10.4. The van der Waals surface area contributed by atoms with Crippen molar-refractivity contribution in [2.75, 3.05) is 13.2 Å². The number of carbonyl (C=O) groups is 1. The van der Waals surface area contributed by atoms with Crippen LogP contribution in [0, 0.1) is 0 Å². The van der Waals surface area contributed by atoms with E-state index in [4.69, 9.17) is 10.5 Å². The lowest BCUT2D eigenvalue weighted by molar-refractivity contribution is -0.143. The van der Waals surface area contributed by atoms with Gasteiger partial charge in [0.05, 0.1) is 13.2 Å². The van der Waals surface area contributed by atoms with Crippen LogP contribution < -0.4 is 5.73 Å².